The topological polar surface area (TPSA) is 34.9 Å². The van der Waals surface area contributed by atoms with Crippen LogP contribution in [0.25, 0.3) is 0 Å². The highest BCUT2D eigenvalue weighted by atomic mass is 35.5. The zero-order valence-corrected chi connectivity index (χ0v) is 13.7. The normalized spacial score (nSPS) is 11.7. The molecule has 21 heavy (non-hydrogen) atoms. The lowest BCUT2D eigenvalue weighted by Gasteiger charge is -2.23. The van der Waals surface area contributed by atoms with E-state index in [4.69, 9.17) is 11.6 Å². The number of Topliss-reactive ketones (excluding diaryl/α,β-unsaturated/α-hetero) is 1. The molecule has 112 valence electrons. The van der Waals surface area contributed by atoms with Crippen molar-refractivity contribution in [2.75, 3.05) is 0 Å². The highest BCUT2D eigenvalue weighted by molar-refractivity contribution is 6.32. The molecule has 0 aliphatic rings. The number of halogens is 1. The number of benzene rings is 1. The summed E-state index contributed by atoms with van der Waals surface area (Å²) < 4.78 is 1.72. The number of hydrogen-bond acceptors (Lipinski definition) is 2. The second kappa shape index (κ2) is 6.02. The third-order valence-electron chi connectivity index (χ3n) is 4.02. The van der Waals surface area contributed by atoms with Gasteiger partial charge in [0.05, 0.1) is 22.8 Å². The van der Waals surface area contributed by atoms with Crippen molar-refractivity contribution in [2.45, 2.75) is 39.0 Å². The predicted octanol–water partition coefficient (Wildman–Crippen LogP) is 3.73. The van der Waals surface area contributed by atoms with Crippen LogP contribution in [0.4, 0.5) is 0 Å². The first kappa shape index (κ1) is 15.8. The van der Waals surface area contributed by atoms with E-state index in [1.807, 2.05) is 58.2 Å². The fourth-order valence-corrected chi connectivity index (χ4v) is 2.76. The van der Waals surface area contributed by atoms with Crippen molar-refractivity contribution in [3.8, 4) is 0 Å². The van der Waals surface area contributed by atoms with Crippen LogP contribution in [0.5, 0.6) is 0 Å². The number of aromatic nitrogens is 2. The maximum Gasteiger partial charge on any atom is 0.148 e. The van der Waals surface area contributed by atoms with Crippen LogP contribution in [0.15, 0.2) is 30.3 Å². The molecule has 0 amide bonds. The Hall–Kier alpha value is -1.61. The monoisotopic (exact) mass is 304 g/mol. The maximum atomic E-state index is 12.7. The third-order valence-corrected chi connectivity index (χ3v) is 4.46. The summed E-state index contributed by atoms with van der Waals surface area (Å²) in [7, 11) is 1.84. The van der Waals surface area contributed by atoms with E-state index in [1.165, 1.54) is 0 Å². The van der Waals surface area contributed by atoms with E-state index in [9.17, 15) is 4.79 Å². The van der Waals surface area contributed by atoms with Gasteiger partial charge in [0.15, 0.2) is 0 Å². The molecule has 0 bridgehead atoms. The molecule has 0 radical (unpaired) electrons. The molecule has 0 N–H and O–H groups in total. The van der Waals surface area contributed by atoms with Crippen LogP contribution < -0.4 is 0 Å². The summed E-state index contributed by atoms with van der Waals surface area (Å²) in [5, 5.41) is 4.99. The van der Waals surface area contributed by atoms with Gasteiger partial charge in [-0.1, -0.05) is 48.9 Å². The first-order valence-corrected chi connectivity index (χ1v) is 7.54. The van der Waals surface area contributed by atoms with Crippen LogP contribution in [-0.2, 0) is 30.1 Å². The van der Waals surface area contributed by atoms with Crippen molar-refractivity contribution in [1.29, 1.82) is 0 Å². The minimum atomic E-state index is -0.540. The first-order chi connectivity index (χ1) is 9.87. The molecule has 0 saturated heterocycles. The molecule has 0 aliphatic heterocycles. The summed E-state index contributed by atoms with van der Waals surface area (Å²) >= 11 is 6.33. The summed E-state index contributed by atoms with van der Waals surface area (Å²) in [6, 6.07) is 9.84. The third kappa shape index (κ3) is 3.03. The van der Waals surface area contributed by atoms with Crippen molar-refractivity contribution in [2.24, 2.45) is 7.05 Å². The van der Waals surface area contributed by atoms with E-state index in [0.29, 0.717) is 11.4 Å². The number of ketones is 1. The molecule has 0 saturated carbocycles. The SMILES string of the molecule is CCc1nn(C)c(CC(=O)C(C)(C)c2ccccc2)c1Cl. The van der Waals surface area contributed by atoms with Gasteiger partial charge in [0.1, 0.15) is 5.78 Å². The second-order valence-corrected chi connectivity index (χ2v) is 6.15. The van der Waals surface area contributed by atoms with Gasteiger partial charge in [-0.25, -0.2) is 0 Å². The Morgan fingerprint density at radius 2 is 1.90 bits per heavy atom. The lowest BCUT2D eigenvalue weighted by molar-refractivity contribution is -0.122. The van der Waals surface area contributed by atoms with E-state index in [-0.39, 0.29) is 5.78 Å². The van der Waals surface area contributed by atoms with E-state index in [0.717, 1.165) is 23.4 Å². The predicted molar refractivity (Wildman–Crippen MR) is 85.8 cm³/mol. The van der Waals surface area contributed by atoms with Crippen molar-refractivity contribution >= 4 is 17.4 Å². The molecular formula is C17H21ClN2O. The van der Waals surface area contributed by atoms with Crippen molar-refractivity contribution in [3.63, 3.8) is 0 Å². The van der Waals surface area contributed by atoms with Gasteiger partial charge < -0.3 is 0 Å². The molecule has 1 aromatic carbocycles. The van der Waals surface area contributed by atoms with Gasteiger partial charge in [-0.05, 0) is 25.8 Å². The molecule has 4 heteroatoms. The van der Waals surface area contributed by atoms with Crippen LogP contribution in [0, 0.1) is 0 Å². The highest BCUT2D eigenvalue weighted by Crippen LogP contribution is 2.28. The van der Waals surface area contributed by atoms with Gasteiger partial charge in [0.2, 0.25) is 0 Å². The molecule has 2 rings (SSSR count). The first-order valence-electron chi connectivity index (χ1n) is 7.17. The van der Waals surface area contributed by atoms with Crippen LogP contribution in [0.3, 0.4) is 0 Å². The average Bonchev–Trinajstić information content (AvgIpc) is 2.75. The zero-order chi connectivity index (χ0) is 15.6. The molecule has 0 fully saturated rings. The van der Waals surface area contributed by atoms with E-state index >= 15 is 0 Å². The number of nitrogens with zero attached hydrogens (tertiary/aromatic N) is 2. The Morgan fingerprint density at radius 1 is 1.29 bits per heavy atom. The lowest BCUT2D eigenvalue weighted by atomic mass is 9.79. The van der Waals surface area contributed by atoms with Crippen molar-refractivity contribution in [1.82, 2.24) is 9.78 Å². The Bertz CT molecular complexity index is 644. The highest BCUT2D eigenvalue weighted by Gasteiger charge is 2.31. The molecule has 2 aromatic rings. The van der Waals surface area contributed by atoms with Crippen LogP contribution in [0.1, 0.15) is 37.7 Å². The number of carbonyl (C=O) groups is 1. The molecule has 0 spiro atoms. The number of hydrogen-bond donors (Lipinski definition) is 0. The van der Waals surface area contributed by atoms with E-state index in [1.54, 1.807) is 4.68 Å². The molecule has 1 heterocycles. The fraction of sp³-hybridized carbons (Fsp3) is 0.412. The Morgan fingerprint density at radius 3 is 2.43 bits per heavy atom. The Labute approximate surface area is 130 Å². The second-order valence-electron chi connectivity index (χ2n) is 5.78. The molecule has 0 aliphatic carbocycles. The summed E-state index contributed by atoms with van der Waals surface area (Å²) in [6.07, 6.45) is 1.06. The van der Waals surface area contributed by atoms with E-state index in [2.05, 4.69) is 5.10 Å². The number of rotatable bonds is 5. The van der Waals surface area contributed by atoms with Gasteiger partial charge in [-0.15, -0.1) is 0 Å². The Balaban J connectivity index is 2.28. The van der Waals surface area contributed by atoms with Crippen LogP contribution in [-0.4, -0.2) is 15.6 Å². The molecule has 0 atom stereocenters. The minimum Gasteiger partial charge on any atom is -0.298 e. The van der Waals surface area contributed by atoms with Crippen molar-refractivity contribution < 1.29 is 4.79 Å². The maximum absolute atomic E-state index is 12.7. The summed E-state index contributed by atoms with van der Waals surface area (Å²) in [5.41, 5.74) is 2.12. The van der Waals surface area contributed by atoms with Gasteiger partial charge >= 0.3 is 0 Å². The van der Waals surface area contributed by atoms with E-state index < -0.39 is 5.41 Å². The summed E-state index contributed by atoms with van der Waals surface area (Å²) in [5.74, 6) is 0.140. The smallest absolute Gasteiger partial charge is 0.148 e. The lowest BCUT2D eigenvalue weighted by Crippen LogP contribution is -2.31. The Kier molecular flexibility index (Phi) is 4.52. The van der Waals surface area contributed by atoms with Crippen molar-refractivity contribution in [3.05, 3.63) is 52.3 Å². The average molecular weight is 305 g/mol. The number of carbonyl (C=O) groups excluding carboxylic acids is 1. The minimum absolute atomic E-state index is 0.140. The van der Waals surface area contributed by atoms with Gasteiger partial charge in [-0.3, -0.25) is 9.48 Å². The largest absolute Gasteiger partial charge is 0.298 e. The molecule has 0 unspecified atom stereocenters. The summed E-state index contributed by atoms with van der Waals surface area (Å²) in [6.45, 7) is 5.92. The molecule has 1 aromatic heterocycles. The summed E-state index contributed by atoms with van der Waals surface area (Å²) in [4.78, 5) is 12.7. The fourth-order valence-electron chi connectivity index (χ4n) is 2.40. The van der Waals surface area contributed by atoms with Gasteiger partial charge in [0, 0.05) is 12.5 Å². The van der Waals surface area contributed by atoms with Crippen LogP contribution >= 0.6 is 11.6 Å². The molecule has 3 nitrogen and oxygen atoms in total. The quantitative estimate of drug-likeness (QED) is 0.843. The van der Waals surface area contributed by atoms with Gasteiger partial charge in [0.25, 0.3) is 0 Å². The standard InChI is InChI=1S/C17H21ClN2O/c1-5-13-16(18)14(20(4)19-13)11-15(21)17(2,3)12-9-7-6-8-10-12/h6-10H,5,11H2,1-4H3. The zero-order valence-electron chi connectivity index (χ0n) is 13.0. The molecular weight excluding hydrogens is 284 g/mol. The van der Waals surface area contributed by atoms with Crippen LogP contribution in [0.2, 0.25) is 5.02 Å². The van der Waals surface area contributed by atoms with Gasteiger partial charge in [-0.2, -0.15) is 5.10 Å². The number of aryl methyl sites for hydroxylation is 2.